The van der Waals surface area contributed by atoms with Crippen molar-refractivity contribution < 1.29 is 0 Å². The van der Waals surface area contributed by atoms with E-state index in [1.54, 1.807) is 0 Å². The van der Waals surface area contributed by atoms with E-state index in [0.717, 1.165) is 23.9 Å². The lowest BCUT2D eigenvalue weighted by Crippen LogP contribution is -2.40. The van der Waals surface area contributed by atoms with Crippen LogP contribution in [0.4, 0.5) is 0 Å². The minimum absolute atomic E-state index is 0.776. The highest BCUT2D eigenvalue weighted by Gasteiger charge is 2.30. The largest absolute Gasteiger partial charge is 0.311 e. The summed E-state index contributed by atoms with van der Waals surface area (Å²) < 4.78 is 0. The second-order valence-electron chi connectivity index (χ2n) is 5.46. The van der Waals surface area contributed by atoms with E-state index in [1.807, 2.05) is 0 Å². The highest BCUT2D eigenvalue weighted by atomic mass is 15.0. The summed E-state index contributed by atoms with van der Waals surface area (Å²) in [6.07, 6.45) is 8.15. The minimum atomic E-state index is 0.776. The van der Waals surface area contributed by atoms with Crippen molar-refractivity contribution in [3.63, 3.8) is 0 Å². The predicted octanol–water partition coefficient (Wildman–Crippen LogP) is 3.98. The van der Waals surface area contributed by atoms with E-state index in [9.17, 15) is 0 Å². The van der Waals surface area contributed by atoms with Crippen LogP contribution in [0.2, 0.25) is 0 Å². The molecule has 1 aliphatic rings. The van der Waals surface area contributed by atoms with Crippen molar-refractivity contribution >= 4 is 0 Å². The summed E-state index contributed by atoms with van der Waals surface area (Å²) in [7, 11) is 0. The molecule has 3 unspecified atom stereocenters. The lowest BCUT2D eigenvalue weighted by Gasteiger charge is -2.26. The quantitative estimate of drug-likeness (QED) is 0.701. The van der Waals surface area contributed by atoms with E-state index in [1.165, 1.54) is 38.5 Å². The molecule has 0 aliphatic heterocycles. The molecule has 0 aromatic carbocycles. The number of hydrogen-bond donors (Lipinski definition) is 1. The fourth-order valence-electron chi connectivity index (χ4n) is 2.91. The van der Waals surface area contributed by atoms with Gasteiger partial charge >= 0.3 is 0 Å². The lowest BCUT2D eigenvalue weighted by molar-refractivity contribution is 0.317. The maximum Gasteiger partial charge on any atom is 0.00979 e. The maximum absolute atomic E-state index is 3.90. The van der Waals surface area contributed by atoms with Crippen molar-refractivity contribution in [3.05, 3.63) is 0 Å². The van der Waals surface area contributed by atoms with Crippen LogP contribution in [0.25, 0.3) is 0 Å². The Morgan fingerprint density at radius 2 is 1.67 bits per heavy atom. The van der Waals surface area contributed by atoms with Crippen molar-refractivity contribution in [2.24, 2.45) is 11.8 Å². The van der Waals surface area contributed by atoms with Gasteiger partial charge in [-0.2, -0.15) is 0 Å². The van der Waals surface area contributed by atoms with Gasteiger partial charge in [-0.1, -0.05) is 40.5 Å². The second-order valence-corrected chi connectivity index (χ2v) is 5.46. The first-order valence-corrected chi connectivity index (χ1v) is 6.95. The molecule has 0 aromatic rings. The minimum Gasteiger partial charge on any atom is -0.311 e. The van der Waals surface area contributed by atoms with Crippen molar-refractivity contribution in [1.82, 2.24) is 5.32 Å². The Morgan fingerprint density at radius 3 is 2.07 bits per heavy atom. The molecule has 1 aliphatic carbocycles. The van der Waals surface area contributed by atoms with Gasteiger partial charge < -0.3 is 5.32 Å². The molecule has 0 radical (unpaired) electrons. The molecule has 0 bridgehead atoms. The van der Waals surface area contributed by atoms with Crippen molar-refractivity contribution in [2.75, 3.05) is 0 Å². The van der Waals surface area contributed by atoms with Gasteiger partial charge in [0.2, 0.25) is 0 Å². The lowest BCUT2D eigenvalue weighted by atomic mass is 9.96. The zero-order valence-electron chi connectivity index (χ0n) is 11.1. The predicted molar refractivity (Wildman–Crippen MR) is 68.1 cm³/mol. The first-order valence-electron chi connectivity index (χ1n) is 6.95. The fraction of sp³-hybridized carbons (Fsp3) is 1.00. The molecule has 0 heterocycles. The molecule has 15 heavy (non-hydrogen) atoms. The van der Waals surface area contributed by atoms with Gasteiger partial charge in [-0.3, -0.25) is 0 Å². The molecule has 0 aromatic heterocycles. The molecule has 0 amide bonds. The van der Waals surface area contributed by atoms with E-state index in [2.05, 4.69) is 33.0 Å². The van der Waals surface area contributed by atoms with Crippen LogP contribution in [0.15, 0.2) is 0 Å². The molecular weight excluding hydrogens is 182 g/mol. The third kappa shape index (κ3) is 3.79. The molecule has 0 spiro atoms. The summed E-state index contributed by atoms with van der Waals surface area (Å²) in [6, 6.07) is 1.57. The van der Waals surface area contributed by atoms with Crippen LogP contribution >= 0.6 is 0 Å². The highest BCUT2D eigenvalue weighted by Crippen LogP contribution is 2.31. The average molecular weight is 211 g/mol. The smallest absolute Gasteiger partial charge is 0.00979 e. The van der Waals surface area contributed by atoms with E-state index < -0.39 is 0 Å². The summed E-state index contributed by atoms with van der Waals surface area (Å²) in [5, 5.41) is 3.90. The number of hydrogen-bond acceptors (Lipinski definition) is 1. The normalized spacial score (nSPS) is 31.4. The summed E-state index contributed by atoms with van der Waals surface area (Å²) >= 11 is 0. The van der Waals surface area contributed by atoms with Crippen molar-refractivity contribution in [2.45, 2.75) is 78.3 Å². The molecule has 1 heteroatoms. The third-order valence-corrected chi connectivity index (χ3v) is 4.19. The zero-order chi connectivity index (χ0) is 11.3. The second kappa shape index (κ2) is 6.52. The van der Waals surface area contributed by atoms with Gasteiger partial charge in [-0.05, 0) is 37.5 Å². The summed E-state index contributed by atoms with van der Waals surface area (Å²) in [4.78, 5) is 0. The SMILES string of the molecule is CCCC(CCC)NC1CCC(C)C1C. The maximum atomic E-state index is 3.90. The van der Waals surface area contributed by atoms with Gasteiger partial charge in [0.15, 0.2) is 0 Å². The Labute approximate surface area is 96.0 Å². The molecule has 0 saturated heterocycles. The summed E-state index contributed by atoms with van der Waals surface area (Å²) in [6.45, 7) is 9.42. The Bertz CT molecular complexity index is 161. The number of rotatable bonds is 6. The molecule has 90 valence electrons. The van der Waals surface area contributed by atoms with Crippen LogP contribution < -0.4 is 5.32 Å². The Balaban J connectivity index is 2.36. The van der Waals surface area contributed by atoms with Gasteiger partial charge in [0.1, 0.15) is 0 Å². The van der Waals surface area contributed by atoms with Crippen LogP contribution in [0, 0.1) is 11.8 Å². The van der Waals surface area contributed by atoms with Crippen molar-refractivity contribution in [3.8, 4) is 0 Å². The molecule has 1 nitrogen and oxygen atoms in total. The first kappa shape index (κ1) is 13.0. The number of nitrogens with one attached hydrogen (secondary N) is 1. The zero-order valence-corrected chi connectivity index (χ0v) is 11.1. The topological polar surface area (TPSA) is 12.0 Å². The van der Waals surface area contributed by atoms with Gasteiger partial charge in [-0.15, -0.1) is 0 Å². The Morgan fingerprint density at radius 1 is 1.07 bits per heavy atom. The van der Waals surface area contributed by atoms with E-state index in [0.29, 0.717) is 0 Å². The molecule has 1 N–H and O–H groups in total. The van der Waals surface area contributed by atoms with Gasteiger partial charge in [-0.25, -0.2) is 0 Å². The third-order valence-electron chi connectivity index (χ3n) is 4.19. The molecule has 1 saturated carbocycles. The van der Waals surface area contributed by atoms with E-state index in [4.69, 9.17) is 0 Å². The monoisotopic (exact) mass is 211 g/mol. The molecular formula is C14H29N. The van der Waals surface area contributed by atoms with Gasteiger partial charge in [0.05, 0.1) is 0 Å². The molecule has 1 rings (SSSR count). The van der Waals surface area contributed by atoms with Gasteiger partial charge in [0, 0.05) is 12.1 Å². The first-order chi connectivity index (χ1) is 7.19. The van der Waals surface area contributed by atoms with Crippen LogP contribution in [-0.4, -0.2) is 12.1 Å². The van der Waals surface area contributed by atoms with Crippen molar-refractivity contribution in [1.29, 1.82) is 0 Å². The van der Waals surface area contributed by atoms with Crippen LogP contribution in [0.1, 0.15) is 66.2 Å². The molecule has 3 atom stereocenters. The Hall–Kier alpha value is -0.0400. The van der Waals surface area contributed by atoms with E-state index >= 15 is 0 Å². The average Bonchev–Trinajstić information content (AvgIpc) is 2.51. The van der Waals surface area contributed by atoms with Gasteiger partial charge in [0.25, 0.3) is 0 Å². The standard InChI is InChI=1S/C14H29N/c1-5-7-13(8-6-2)15-14-10-9-11(3)12(14)4/h11-15H,5-10H2,1-4H3. The van der Waals surface area contributed by atoms with Crippen LogP contribution in [0.5, 0.6) is 0 Å². The van der Waals surface area contributed by atoms with E-state index in [-0.39, 0.29) is 0 Å². The summed E-state index contributed by atoms with van der Waals surface area (Å²) in [5.41, 5.74) is 0. The molecule has 1 fully saturated rings. The fourth-order valence-corrected chi connectivity index (χ4v) is 2.91. The Kier molecular flexibility index (Phi) is 5.66. The summed E-state index contributed by atoms with van der Waals surface area (Å²) in [5.74, 6) is 1.80. The van der Waals surface area contributed by atoms with Crippen LogP contribution in [-0.2, 0) is 0 Å². The highest BCUT2D eigenvalue weighted by molar-refractivity contribution is 4.87. The van der Waals surface area contributed by atoms with Crippen LogP contribution in [0.3, 0.4) is 0 Å².